The lowest BCUT2D eigenvalue weighted by Crippen LogP contribution is -1.84. The van der Waals surface area contributed by atoms with Crippen molar-refractivity contribution in [2.24, 2.45) is 0 Å². The number of pyridine rings is 1. The zero-order chi connectivity index (χ0) is 12.8. The Morgan fingerprint density at radius 2 is 1.89 bits per heavy atom. The first kappa shape index (κ1) is 12.7. The molecule has 0 unspecified atom stereocenters. The molecule has 2 heteroatoms. The number of hydrogen-bond acceptors (Lipinski definition) is 1. The van der Waals surface area contributed by atoms with Crippen LogP contribution in [0.25, 0.3) is 11.3 Å². The molecule has 0 atom stereocenters. The van der Waals surface area contributed by atoms with E-state index in [-0.39, 0.29) is 0 Å². The number of rotatable bonds is 2. The third kappa shape index (κ3) is 3.35. The first-order valence-electron chi connectivity index (χ1n) is 6.00. The highest BCUT2D eigenvalue weighted by molar-refractivity contribution is 6.30. The quantitative estimate of drug-likeness (QED) is 0.717. The summed E-state index contributed by atoms with van der Waals surface area (Å²) in [6, 6.07) is 11.7. The van der Waals surface area contributed by atoms with Gasteiger partial charge < -0.3 is 0 Å². The van der Waals surface area contributed by atoms with Crippen LogP contribution < -0.4 is 0 Å². The predicted molar refractivity (Wildman–Crippen MR) is 76.5 cm³/mol. The summed E-state index contributed by atoms with van der Waals surface area (Å²) in [4.78, 5) is 4.41. The van der Waals surface area contributed by atoms with Crippen LogP contribution in [-0.2, 0) is 0 Å². The molecular formula is C16H14ClN. The molecule has 0 bridgehead atoms. The summed E-state index contributed by atoms with van der Waals surface area (Å²) < 4.78 is 0. The number of halogens is 1. The van der Waals surface area contributed by atoms with Crippen LogP contribution in [0.2, 0.25) is 5.02 Å². The first-order chi connectivity index (χ1) is 8.79. The van der Waals surface area contributed by atoms with E-state index in [2.05, 4.69) is 23.7 Å². The number of benzene rings is 1. The van der Waals surface area contributed by atoms with Crippen molar-refractivity contribution in [2.45, 2.75) is 19.8 Å². The van der Waals surface area contributed by atoms with Crippen LogP contribution in [0.5, 0.6) is 0 Å². The van der Waals surface area contributed by atoms with Gasteiger partial charge in [0, 0.05) is 28.8 Å². The third-order valence-corrected chi connectivity index (χ3v) is 2.76. The van der Waals surface area contributed by atoms with E-state index in [1.165, 1.54) is 0 Å². The maximum Gasteiger partial charge on any atom is 0.0702 e. The zero-order valence-electron chi connectivity index (χ0n) is 10.3. The Balaban J connectivity index is 2.18. The van der Waals surface area contributed by atoms with Crippen molar-refractivity contribution >= 4 is 11.6 Å². The van der Waals surface area contributed by atoms with Gasteiger partial charge >= 0.3 is 0 Å². The minimum absolute atomic E-state index is 0.737. The van der Waals surface area contributed by atoms with Crippen LogP contribution in [0.4, 0.5) is 0 Å². The lowest BCUT2D eigenvalue weighted by atomic mass is 10.1. The second-order valence-corrected chi connectivity index (χ2v) is 4.43. The van der Waals surface area contributed by atoms with Crippen molar-refractivity contribution in [3.8, 4) is 23.1 Å². The SMILES string of the molecule is CCCC#Cc1ccc(-c2ccc(Cl)cc2)nc1. The van der Waals surface area contributed by atoms with Gasteiger partial charge in [-0.05, 0) is 30.7 Å². The summed E-state index contributed by atoms with van der Waals surface area (Å²) in [5, 5.41) is 0.737. The lowest BCUT2D eigenvalue weighted by Gasteiger charge is -2.00. The normalized spacial score (nSPS) is 9.67. The van der Waals surface area contributed by atoms with Crippen molar-refractivity contribution in [1.82, 2.24) is 4.98 Å². The van der Waals surface area contributed by atoms with E-state index in [0.29, 0.717) is 0 Å². The average Bonchev–Trinajstić information content (AvgIpc) is 2.41. The van der Waals surface area contributed by atoms with Gasteiger partial charge in [0.05, 0.1) is 5.69 Å². The van der Waals surface area contributed by atoms with Crippen LogP contribution in [0.1, 0.15) is 25.3 Å². The summed E-state index contributed by atoms with van der Waals surface area (Å²) >= 11 is 5.86. The smallest absolute Gasteiger partial charge is 0.0702 e. The Hall–Kier alpha value is -1.78. The van der Waals surface area contributed by atoms with Crippen LogP contribution in [0, 0.1) is 11.8 Å². The Morgan fingerprint density at radius 1 is 1.11 bits per heavy atom. The van der Waals surface area contributed by atoms with Gasteiger partial charge in [0.1, 0.15) is 0 Å². The van der Waals surface area contributed by atoms with Crippen LogP contribution in [-0.4, -0.2) is 4.98 Å². The number of hydrogen-bond donors (Lipinski definition) is 0. The van der Waals surface area contributed by atoms with E-state index < -0.39 is 0 Å². The molecule has 1 aromatic heterocycles. The van der Waals surface area contributed by atoms with Gasteiger partial charge in [-0.15, -0.1) is 0 Å². The standard InChI is InChI=1S/C16H14ClN/c1-2-3-4-5-13-6-11-16(18-12-13)14-7-9-15(17)10-8-14/h6-12H,2-3H2,1H3. The summed E-state index contributed by atoms with van der Waals surface area (Å²) in [7, 11) is 0. The predicted octanol–water partition coefficient (Wildman–Crippen LogP) is 4.55. The van der Waals surface area contributed by atoms with Crippen molar-refractivity contribution in [3.05, 3.63) is 53.2 Å². The largest absolute Gasteiger partial charge is 0.255 e. The lowest BCUT2D eigenvalue weighted by molar-refractivity contribution is 0.983. The molecular weight excluding hydrogens is 242 g/mol. The van der Waals surface area contributed by atoms with Gasteiger partial charge in [-0.25, -0.2) is 0 Å². The molecule has 0 fully saturated rings. The van der Waals surface area contributed by atoms with Gasteiger partial charge in [0.25, 0.3) is 0 Å². The highest BCUT2D eigenvalue weighted by atomic mass is 35.5. The Bertz CT molecular complexity index is 559. The molecule has 90 valence electrons. The van der Waals surface area contributed by atoms with E-state index in [1.807, 2.05) is 42.6 Å². The fourth-order valence-electron chi connectivity index (χ4n) is 1.55. The van der Waals surface area contributed by atoms with E-state index in [9.17, 15) is 0 Å². The molecule has 0 aliphatic heterocycles. The number of aromatic nitrogens is 1. The van der Waals surface area contributed by atoms with Crippen molar-refractivity contribution in [3.63, 3.8) is 0 Å². The third-order valence-electron chi connectivity index (χ3n) is 2.51. The fraction of sp³-hybridized carbons (Fsp3) is 0.188. The van der Waals surface area contributed by atoms with E-state index >= 15 is 0 Å². The molecule has 18 heavy (non-hydrogen) atoms. The second kappa shape index (κ2) is 6.23. The highest BCUT2D eigenvalue weighted by Gasteiger charge is 1.98. The van der Waals surface area contributed by atoms with Gasteiger partial charge in [0.2, 0.25) is 0 Å². The molecule has 2 aromatic rings. The molecule has 2 rings (SSSR count). The molecule has 0 spiro atoms. The minimum Gasteiger partial charge on any atom is -0.255 e. The summed E-state index contributed by atoms with van der Waals surface area (Å²) in [6.07, 6.45) is 3.83. The zero-order valence-corrected chi connectivity index (χ0v) is 11.0. The highest BCUT2D eigenvalue weighted by Crippen LogP contribution is 2.19. The molecule has 0 saturated heterocycles. The average molecular weight is 256 g/mol. The Kier molecular flexibility index (Phi) is 4.39. The van der Waals surface area contributed by atoms with Crippen molar-refractivity contribution in [2.75, 3.05) is 0 Å². The molecule has 0 amide bonds. The first-order valence-corrected chi connectivity index (χ1v) is 6.38. The Labute approximate surface area is 113 Å². The van der Waals surface area contributed by atoms with Crippen LogP contribution >= 0.6 is 11.6 Å². The van der Waals surface area contributed by atoms with E-state index in [4.69, 9.17) is 11.6 Å². The van der Waals surface area contributed by atoms with Crippen LogP contribution in [0.3, 0.4) is 0 Å². The maximum atomic E-state index is 5.86. The molecule has 0 aliphatic rings. The maximum absolute atomic E-state index is 5.86. The Morgan fingerprint density at radius 3 is 2.50 bits per heavy atom. The second-order valence-electron chi connectivity index (χ2n) is 3.99. The van der Waals surface area contributed by atoms with Gasteiger partial charge in [-0.3, -0.25) is 4.98 Å². The summed E-state index contributed by atoms with van der Waals surface area (Å²) in [5.41, 5.74) is 2.96. The topological polar surface area (TPSA) is 12.9 Å². The molecule has 0 N–H and O–H groups in total. The fourth-order valence-corrected chi connectivity index (χ4v) is 1.67. The number of nitrogens with zero attached hydrogens (tertiary/aromatic N) is 1. The minimum atomic E-state index is 0.737. The molecule has 1 nitrogen and oxygen atoms in total. The van der Waals surface area contributed by atoms with Crippen molar-refractivity contribution < 1.29 is 0 Å². The molecule has 0 radical (unpaired) electrons. The summed E-state index contributed by atoms with van der Waals surface area (Å²) in [6.45, 7) is 2.12. The number of unbranched alkanes of at least 4 members (excludes halogenated alkanes) is 1. The molecule has 0 aliphatic carbocycles. The monoisotopic (exact) mass is 255 g/mol. The van der Waals surface area contributed by atoms with Crippen LogP contribution in [0.15, 0.2) is 42.6 Å². The van der Waals surface area contributed by atoms with E-state index in [0.717, 1.165) is 34.7 Å². The molecule has 0 saturated carbocycles. The summed E-state index contributed by atoms with van der Waals surface area (Å²) in [5.74, 6) is 6.21. The van der Waals surface area contributed by atoms with Gasteiger partial charge in [-0.2, -0.15) is 0 Å². The molecule has 1 aromatic carbocycles. The van der Waals surface area contributed by atoms with Gasteiger partial charge in [-0.1, -0.05) is 42.5 Å². The van der Waals surface area contributed by atoms with Gasteiger partial charge in [0.15, 0.2) is 0 Å². The molecule has 1 heterocycles. The van der Waals surface area contributed by atoms with Crippen molar-refractivity contribution in [1.29, 1.82) is 0 Å². The van der Waals surface area contributed by atoms with E-state index in [1.54, 1.807) is 0 Å².